The van der Waals surface area contributed by atoms with Crippen LogP contribution in [0.3, 0.4) is 0 Å². The predicted molar refractivity (Wildman–Crippen MR) is 90.7 cm³/mol. The summed E-state index contributed by atoms with van der Waals surface area (Å²) >= 11 is 5.13. The van der Waals surface area contributed by atoms with Crippen LogP contribution in [0.4, 0.5) is 5.69 Å². The summed E-state index contributed by atoms with van der Waals surface area (Å²) in [4.78, 5) is 12.2. The fraction of sp³-hybridized carbons (Fsp3) is 0.500. The first-order chi connectivity index (χ1) is 10.2. The Morgan fingerprint density at radius 2 is 1.86 bits per heavy atom. The summed E-state index contributed by atoms with van der Waals surface area (Å²) in [5.74, 6) is 0.0164. The number of carbonyl (C=O) groups is 1. The molecule has 1 aromatic rings. The zero-order valence-electron chi connectivity index (χ0n) is 12.4. The van der Waals surface area contributed by atoms with E-state index in [2.05, 4.69) is 16.0 Å². The molecule has 21 heavy (non-hydrogen) atoms. The highest BCUT2D eigenvalue weighted by atomic mass is 32.1. The molecule has 114 valence electrons. The van der Waals surface area contributed by atoms with E-state index in [1.54, 1.807) is 0 Å². The van der Waals surface area contributed by atoms with Crippen LogP contribution in [0, 0.1) is 0 Å². The number of thiocarbonyl (C=S) groups is 1. The van der Waals surface area contributed by atoms with Crippen molar-refractivity contribution in [2.45, 2.75) is 45.1 Å². The van der Waals surface area contributed by atoms with Crippen LogP contribution in [0.5, 0.6) is 0 Å². The molecule has 0 radical (unpaired) electrons. The Bertz CT molecular complexity index is 481. The van der Waals surface area contributed by atoms with Gasteiger partial charge in [-0.25, -0.2) is 0 Å². The molecule has 0 aliphatic heterocycles. The number of nitrogens with one attached hydrogen (secondary N) is 3. The Balaban J connectivity index is 1.88. The van der Waals surface area contributed by atoms with Gasteiger partial charge in [-0.15, -0.1) is 0 Å². The number of rotatable bonds is 4. The van der Waals surface area contributed by atoms with E-state index in [-0.39, 0.29) is 5.91 Å². The monoisotopic (exact) mass is 305 g/mol. The van der Waals surface area contributed by atoms with Crippen LogP contribution in [0.25, 0.3) is 0 Å². The van der Waals surface area contributed by atoms with Crippen LogP contribution < -0.4 is 16.0 Å². The van der Waals surface area contributed by atoms with E-state index in [1.165, 1.54) is 19.3 Å². The molecule has 2 rings (SSSR count). The van der Waals surface area contributed by atoms with Gasteiger partial charge in [0.25, 0.3) is 5.91 Å². The summed E-state index contributed by atoms with van der Waals surface area (Å²) < 4.78 is 0. The van der Waals surface area contributed by atoms with Crippen molar-refractivity contribution >= 4 is 28.9 Å². The molecule has 1 saturated carbocycles. The molecule has 0 bridgehead atoms. The van der Waals surface area contributed by atoms with Crippen molar-refractivity contribution in [2.24, 2.45) is 0 Å². The molecule has 1 fully saturated rings. The summed E-state index contributed by atoms with van der Waals surface area (Å²) in [5.41, 5.74) is 1.58. The molecule has 0 saturated heterocycles. The standard InChI is InChI=1S/C16H23N3OS/c1-2-17-16(21)19-14-10-8-12(9-11-14)15(20)18-13-6-4-3-5-7-13/h8-11,13H,2-7H2,1H3,(H,18,20)(H2,17,19,21). The van der Waals surface area contributed by atoms with Crippen LogP contribution in [0.15, 0.2) is 24.3 Å². The van der Waals surface area contributed by atoms with Crippen molar-refractivity contribution in [1.29, 1.82) is 0 Å². The third-order valence-corrected chi connectivity index (χ3v) is 3.93. The minimum atomic E-state index is 0.0164. The largest absolute Gasteiger partial charge is 0.363 e. The molecule has 1 aromatic carbocycles. The van der Waals surface area contributed by atoms with Gasteiger partial charge in [-0.2, -0.15) is 0 Å². The minimum Gasteiger partial charge on any atom is -0.363 e. The molecule has 5 heteroatoms. The molecule has 0 spiro atoms. The Morgan fingerprint density at radius 3 is 2.48 bits per heavy atom. The first kappa shape index (κ1) is 15.8. The molecular formula is C16H23N3OS. The van der Waals surface area contributed by atoms with Crippen molar-refractivity contribution in [1.82, 2.24) is 10.6 Å². The Hall–Kier alpha value is -1.62. The van der Waals surface area contributed by atoms with E-state index in [4.69, 9.17) is 12.2 Å². The lowest BCUT2D eigenvalue weighted by Crippen LogP contribution is -2.36. The topological polar surface area (TPSA) is 53.2 Å². The molecule has 3 N–H and O–H groups in total. The van der Waals surface area contributed by atoms with Crippen molar-refractivity contribution in [3.63, 3.8) is 0 Å². The van der Waals surface area contributed by atoms with Gasteiger partial charge in [-0.05, 0) is 56.2 Å². The zero-order chi connectivity index (χ0) is 15.1. The van der Waals surface area contributed by atoms with E-state index in [0.29, 0.717) is 16.7 Å². The highest BCUT2D eigenvalue weighted by Gasteiger charge is 2.16. The van der Waals surface area contributed by atoms with E-state index < -0.39 is 0 Å². The first-order valence-electron chi connectivity index (χ1n) is 7.65. The van der Waals surface area contributed by atoms with Crippen LogP contribution in [-0.4, -0.2) is 23.6 Å². The van der Waals surface area contributed by atoms with E-state index in [9.17, 15) is 4.79 Å². The average molecular weight is 305 g/mol. The summed E-state index contributed by atoms with van der Waals surface area (Å²) in [6, 6.07) is 7.74. The summed E-state index contributed by atoms with van der Waals surface area (Å²) in [5, 5.41) is 9.82. The summed E-state index contributed by atoms with van der Waals surface area (Å²) in [6.45, 7) is 2.78. The van der Waals surface area contributed by atoms with Gasteiger partial charge in [0.15, 0.2) is 5.11 Å². The number of hydrogen-bond acceptors (Lipinski definition) is 2. The molecule has 1 amide bonds. The van der Waals surface area contributed by atoms with Gasteiger partial charge in [0.2, 0.25) is 0 Å². The molecule has 4 nitrogen and oxygen atoms in total. The number of benzene rings is 1. The third-order valence-electron chi connectivity index (χ3n) is 3.68. The fourth-order valence-electron chi connectivity index (χ4n) is 2.56. The third kappa shape index (κ3) is 5.01. The van der Waals surface area contributed by atoms with Crippen molar-refractivity contribution in [3.8, 4) is 0 Å². The van der Waals surface area contributed by atoms with Crippen LogP contribution in [0.2, 0.25) is 0 Å². The lowest BCUT2D eigenvalue weighted by molar-refractivity contribution is 0.0928. The van der Waals surface area contributed by atoms with Gasteiger partial charge in [0, 0.05) is 23.8 Å². The highest BCUT2D eigenvalue weighted by Crippen LogP contribution is 2.18. The Labute approximate surface area is 131 Å². The number of anilines is 1. The van der Waals surface area contributed by atoms with Crippen LogP contribution in [-0.2, 0) is 0 Å². The number of hydrogen-bond donors (Lipinski definition) is 3. The smallest absolute Gasteiger partial charge is 0.251 e. The van der Waals surface area contributed by atoms with Gasteiger partial charge in [-0.3, -0.25) is 4.79 Å². The van der Waals surface area contributed by atoms with Crippen LogP contribution in [0.1, 0.15) is 49.4 Å². The molecule has 1 aliphatic rings. The Morgan fingerprint density at radius 1 is 1.19 bits per heavy atom. The van der Waals surface area contributed by atoms with E-state index >= 15 is 0 Å². The fourth-order valence-corrected chi connectivity index (χ4v) is 2.82. The molecule has 0 unspecified atom stereocenters. The molecule has 0 atom stereocenters. The second kappa shape index (κ2) is 7.98. The van der Waals surface area contributed by atoms with E-state index in [1.807, 2.05) is 31.2 Å². The maximum Gasteiger partial charge on any atom is 0.251 e. The predicted octanol–water partition coefficient (Wildman–Crippen LogP) is 3.06. The molecule has 0 heterocycles. The number of carbonyl (C=O) groups excluding carboxylic acids is 1. The molecular weight excluding hydrogens is 282 g/mol. The zero-order valence-corrected chi connectivity index (χ0v) is 13.3. The minimum absolute atomic E-state index is 0.0164. The van der Waals surface area contributed by atoms with Gasteiger partial charge in [-0.1, -0.05) is 19.3 Å². The lowest BCUT2D eigenvalue weighted by Gasteiger charge is -2.22. The maximum atomic E-state index is 12.2. The first-order valence-corrected chi connectivity index (χ1v) is 8.05. The average Bonchev–Trinajstić information content (AvgIpc) is 2.49. The van der Waals surface area contributed by atoms with Crippen molar-refractivity contribution in [3.05, 3.63) is 29.8 Å². The van der Waals surface area contributed by atoms with Crippen molar-refractivity contribution in [2.75, 3.05) is 11.9 Å². The quantitative estimate of drug-likeness (QED) is 0.748. The van der Waals surface area contributed by atoms with Gasteiger partial charge < -0.3 is 16.0 Å². The number of amides is 1. The maximum absolute atomic E-state index is 12.2. The normalized spacial score (nSPS) is 15.3. The molecule has 0 aromatic heterocycles. The highest BCUT2D eigenvalue weighted by molar-refractivity contribution is 7.80. The van der Waals surface area contributed by atoms with Gasteiger partial charge in [0.05, 0.1) is 0 Å². The second-order valence-corrected chi connectivity index (χ2v) is 5.78. The molecule has 1 aliphatic carbocycles. The van der Waals surface area contributed by atoms with Gasteiger partial charge >= 0.3 is 0 Å². The SMILES string of the molecule is CCNC(=S)Nc1ccc(C(=O)NC2CCCCC2)cc1. The van der Waals surface area contributed by atoms with Gasteiger partial charge in [0.1, 0.15) is 0 Å². The van der Waals surface area contributed by atoms with Crippen molar-refractivity contribution < 1.29 is 4.79 Å². The van der Waals surface area contributed by atoms with Crippen LogP contribution >= 0.6 is 12.2 Å². The van der Waals surface area contributed by atoms with E-state index in [0.717, 1.165) is 25.1 Å². The Kier molecular flexibility index (Phi) is 5.99. The summed E-state index contributed by atoms with van der Waals surface area (Å²) in [6.07, 6.45) is 5.93. The lowest BCUT2D eigenvalue weighted by atomic mass is 9.95. The second-order valence-electron chi connectivity index (χ2n) is 5.37. The summed E-state index contributed by atoms with van der Waals surface area (Å²) in [7, 11) is 0.